The SMILES string of the molecule is c1ccc(CNCCC2CCNC(c3ccccc3)C2)cc1. The van der Waals surface area contributed by atoms with Gasteiger partial charge in [-0.15, -0.1) is 0 Å². The predicted molar refractivity (Wildman–Crippen MR) is 92.7 cm³/mol. The molecule has 3 rings (SSSR count). The lowest BCUT2D eigenvalue weighted by Gasteiger charge is -2.30. The zero-order valence-electron chi connectivity index (χ0n) is 13.2. The third-order valence-corrected chi connectivity index (χ3v) is 4.62. The number of piperidine rings is 1. The van der Waals surface area contributed by atoms with Gasteiger partial charge in [-0.25, -0.2) is 0 Å². The molecule has 2 heteroatoms. The lowest BCUT2D eigenvalue weighted by atomic mass is 9.87. The molecular formula is C20H26N2. The van der Waals surface area contributed by atoms with Crippen LogP contribution in [0.3, 0.4) is 0 Å². The molecule has 0 aromatic heterocycles. The summed E-state index contributed by atoms with van der Waals surface area (Å²) in [5, 5.41) is 7.24. The Morgan fingerprint density at radius 1 is 0.955 bits per heavy atom. The maximum atomic E-state index is 3.66. The molecule has 1 fully saturated rings. The number of rotatable bonds is 6. The van der Waals surface area contributed by atoms with Crippen LogP contribution in [0.1, 0.15) is 36.4 Å². The molecule has 0 aliphatic carbocycles. The van der Waals surface area contributed by atoms with E-state index in [1.54, 1.807) is 0 Å². The molecule has 1 saturated heterocycles. The van der Waals surface area contributed by atoms with Crippen LogP contribution in [-0.2, 0) is 6.54 Å². The largest absolute Gasteiger partial charge is 0.313 e. The molecule has 2 nitrogen and oxygen atoms in total. The summed E-state index contributed by atoms with van der Waals surface area (Å²) in [6.45, 7) is 3.23. The molecule has 0 amide bonds. The van der Waals surface area contributed by atoms with Crippen molar-refractivity contribution in [3.05, 3.63) is 71.8 Å². The average molecular weight is 294 g/mol. The molecule has 116 valence electrons. The summed E-state index contributed by atoms with van der Waals surface area (Å²) >= 11 is 0. The molecule has 22 heavy (non-hydrogen) atoms. The van der Waals surface area contributed by atoms with Crippen molar-refractivity contribution in [2.75, 3.05) is 13.1 Å². The Morgan fingerprint density at radius 2 is 1.68 bits per heavy atom. The number of hydrogen-bond donors (Lipinski definition) is 2. The van der Waals surface area contributed by atoms with Crippen molar-refractivity contribution >= 4 is 0 Å². The maximum absolute atomic E-state index is 3.66. The second kappa shape index (κ2) is 8.11. The summed E-state index contributed by atoms with van der Waals surface area (Å²) in [4.78, 5) is 0. The van der Waals surface area contributed by atoms with Crippen LogP contribution in [0.5, 0.6) is 0 Å². The smallest absolute Gasteiger partial charge is 0.0322 e. The third kappa shape index (κ3) is 4.43. The van der Waals surface area contributed by atoms with Crippen LogP contribution < -0.4 is 10.6 Å². The average Bonchev–Trinajstić information content (AvgIpc) is 2.61. The molecule has 0 radical (unpaired) electrons. The van der Waals surface area contributed by atoms with Gasteiger partial charge in [-0.1, -0.05) is 60.7 Å². The van der Waals surface area contributed by atoms with Crippen LogP contribution in [0.2, 0.25) is 0 Å². The molecule has 1 aliphatic rings. The van der Waals surface area contributed by atoms with Crippen LogP contribution in [0, 0.1) is 5.92 Å². The second-order valence-corrected chi connectivity index (χ2v) is 6.26. The standard InChI is InChI=1S/C20H26N2/c1-3-7-18(8-4-1)16-21-13-11-17-12-14-22-20(15-17)19-9-5-2-6-10-19/h1-10,17,20-22H,11-16H2. The number of hydrogen-bond acceptors (Lipinski definition) is 2. The Balaban J connectivity index is 1.41. The molecule has 0 spiro atoms. The van der Waals surface area contributed by atoms with Gasteiger partial charge in [0.25, 0.3) is 0 Å². The van der Waals surface area contributed by atoms with Gasteiger partial charge >= 0.3 is 0 Å². The van der Waals surface area contributed by atoms with Gasteiger partial charge in [-0.3, -0.25) is 0 Å². The third-order valence-electron chi connectivity index (χ3n) is 4.62. The van der Waals surface area contributed by atoms with E-state index in [9.17, 15) is 0 Å². The highest BCUT2D eigenvalue weighted by molar-refractivity contribution is 5.19. The fraction of sp³-hybridized carbons (Fsp3) is 0.400. The number of nitrogens with one attached hydrogen (secondary N) is 2. The molecular weight excluding hydrogens is 268 g/mol. The monoisotopic (exact) mass is 294 g/mol. The zero-order chi connectivity index (χ0) is 15.0. The van der Waals surface area contributed by atoms with Gasteiger partial charge in [-0.2, -0.15) is 0 Å². The minimum atomic E-state index is 0.536. The van der Waals surface area contributed by atoms with E-state index in [0.29, 0.717) is 6.04 Å². The van der Waals surface area contributed by atoms with Gasteiger partial charge in [0, 0.05) is 12.6 Å². The predicted octanol–water partition coefficient (Wildman–Crippen LogP) is 3.91. The Hall–Kier alpha value is -1.64. The minimum absolute atomic E-state index is 0.536. The van der Waals surface area contributed by atoms with Gasteiger partial charge in [-0.05, 0) is 49.4 Å². The van der Waals surface area contributed by atoms with Gasteiger partial charge in [0.1, 0.15) is 0 Å². The van der Waals surface area contributed by atoms with Crippen LogP contribution in [-0.4, -0.2) is 13.1 Å². The van der Waals surface area contributed by atoms with E-state index < -0.39 is 0 Å². The maximum Gasteiger partial charge on any atom is 0.0322 e. The van der Waals surface area contributed by atoms with E-state index in [0.717, 1.165) is 25.6 Å². The molecule has 0 bridgehead atoms. The zero-order valence-corrected chi connectivity index (χ0v) is 13.2. The Morgan fingerprint density at radius 3 is 2.45 bits per heavy atom. The summed E-state index contributed by atoms with van der Waals surface area (Å²) in [7, 11) is 0. The molecule has 1 aliphatic heterocycles. The van der Waals surface area contributed by atoms with E-state index in [-0.39, 0.29) is 0 Å². The van der Waals surface area contributed by atoms with Gasteiger partial charge < -0.3 is 10.6 Å². The van der Waals surface area contributed by atoms with Crippen LogP contribution in [0.25, 0.3) is 0 Å². The molecule has 1 heterocycles. The van der Waals surface area contributed by atoms with Gasteiger partial charge in [0.15, 0.2) is 0 Å². The van der Waals surface area contributed by atoms with Gasteiger partial charge in [0.2, 0.25) is 0 Å². The first-order valence-electron chi connectivity index (χ1n) is 8.45. The molecule has 0 saturated carbocycles. The van der Waals surface area contributed by atoms with Gasteiger partial charge in [0.05, 0.1) is 0 Å². The summed E-state index contributed by atoms with van der Waals surface area (Å²) in [6, 6.07) is 22.0. The second-order valence-electron chi connectivity index (χ2n) is 6.26. The van der Waals surface area contributed by atoms with Crippen molar-refractivity contribution in [2.24, 2.45) is 5.92 Å². The van der Waals surface area contributed by atoms with E-state index in [1.807, 2.05) is 0 Å². The summed E-state index contributed by atoms with van der Waals surface area (Å²) in [5.41, 5.74) is 2.81. The summed E-state index contributed by atoms with van der Waals surface area (Å²) in [6.07, 6.45) is 3.84. The molecule has 2 aromatic carbocycles. The van der Waals surface area contributed by atoms with E-state index >= 15 is 0 Å². The molecule has 2 unspecified atom stereocenters. The summed E-state index contributed by atoms with van der Waals surface area (Å²) in [5.74, 6) is 0.828. The molecule has 2 aromatic rings. The quantitative estimate of drug-likeness (QED) is 0.789. The van der Waals surface area contributed by atoms with Crippen molar-refractivity contribution in [1.82, 2.24) is 10.6 Å². The van der Waals surface area contributed by atoms with E-state index in [4.69, 9.17) is 0 Å². The fourth-order valence-electron chi connectivity index (χ4n) is 3.33. The number of benzene rings is 2. The fourth-order valence-corrected chi connectivity index (χ4v) is 3.33. The van der Waals surface area contributed by atoms with Crippen molar-refractivity contribution in [3.8, 4) is 0 Å². The van der Waals surface area contributed by atoms with Crippen molar-refractivity contribution < 1.29 is 0 Å². The van der Waals surface area contributed by atoms with Crippen molar-refractivity contribution in [3.63, 3.8) is 0 Å². The first-order chi connectivity index (χ1) is 10.9. The Kier molecular flexibility index (Phi) is 5.63. The van der Waals surface area contributed by atoms with Crippen molar-refractivity contribution in [1.29, 1.82) is 0 Å². The lowest BCUT2D eigenvalue weighted by molar-refractivity contribution is 0.289. The highest BCUT2D eigenvalue weighted by Crippen LogP contribution is 2.28. The van der Waals surface area contributed by atoms with Crippen LogP contribution >= 0.6 is 0 Å². The van der Waals surface area contributed by atoms with Crippen molar-refractivity contribution in [2.45, 2.75) is 31.8 Å². The topological polar surface area (TPSA) is 24.1 Å². The highest BCUT2D eigenvalue weighted by Gasteiger charge is 2.21. The Labute approximate surface area is 134 Å². The van der Waals surface area contributed by atoms with E-state index in [1.165, 1.54) is 30.4 Å². The molecule has 2 N–H and O–H groups in total. The van der Waals surface area contributed by atoms with Crippen LogP contribution in [0.15, 0.2) is 60.7 Å². The first kappa shape index (κ1) is 15.3. The Bertz CT molecular complexity index is 538. The molecule has 2 atom stereocenters. The van der Waals surface area contributed by atoms with E-state index in [2.05, 4.69) is 71.3 Å². The highest BCUT2D eigenvalue weighted by atomic mass is 14.9. The van der Waals surface area contributed by atoms with Crippen LogP contribution in [0.4, 0.5) is 0 Å². The normalized spacial score (nSPS) is 21.6. The lowest BCUT2D eigenvalue weighted by Crippen LogP contribution is -2.33. The first-order valence-corrected chi connectivity index (χ1v) is 8.45. The minimum Gasteiger partial charge on any atom is -0.313 e. The summed E-state index contributed by atoms with van der Waals surface area (Å²) < 4.78 is 0.